The molecule has 2 N–H and O–H groups in total. The molecule has 0 aliphatic rings. The summed E-state index contributed by atoms with van der Waals surface area (Å²) >= 11 is 7.01. The largest absolute Gasteiger partial charge is 0.375 e. The van der Waals surface area contributed by atoms with Crippen LogP contribution in [0.1, 0.15) is 17.1 Å². The zero-order valence-corrected chi connectivity index (χ0v) is 12.5. The predicted molar refractivity (Wildman–Crippen MR) is 78.8 cm³/mol. The Kier molecular flexibility index (Phi) is 3.60. The highest BCUT2D eigenvalue weighted by atomic mass is 35.5. The topological polar surface area (TPSA) is 77.8 Å². The number of hydrogen-bond acceptors (Lipinski definition) is 6. The third kappa shape index (κ3) is 2.74. The van der Waals surface area contributed by atoms with E-state index in [1.54, 1.807) is 12.1 Å². The quantitative estimate of drug-likeness (QED) is 0.798. The second-order valence-electron chi connectivity index (χ2n) is 4.37. The fraction of sp³-hybridized carbons (Fsp3) is 0.154. The highest BCUT2D eigenvalue weighted by Gasteiger charge is 2.17. The molecule has 1 aromatic carbocycles. The molecule has 8 heteroatoms. The molecule has 2 aromatic heterocycles. The SMILES string of the molecule is Cc1nc(N)sc1-c1nc(Cc2cccc(Cl)c2F)no1. The molecule has 108 valence electrons. The third-order valence-corrected chi connectivity index (χ3v) is 4.12. The second-order valence-corrected chi connectivity index (χ2v) is 5.81. The van der Waals surface area contributed by atoms with E-state index in [2.05, 4.69) is 15.1 Å². The van der Waals surface area contributed by atoms with Crippen LogP contribution in [0.25, 0.3) is 10.8 Å². The van der Waals surface area contributed by atoms with Crippen LogP contribution in [0.2, 0.25) is 5.02 Å². The van der Waals surface area contributed by atoms with Gasteiger partial charge in [0.25, 0.3) is 5.89 Å². The molecule has 0 unspecified atom stereocenters. The average molecular weight is 325 g/mol. The van der Waals surface area contributed by atoms with Gasteiger partial charge in [0.1, 0.15) is 10.7 Å². The Labute approximate surface area is 128 Å². The molecule has 5 nitrogen and oxygen atoms in total. The van der Waals surface area contributed by atoms with Gasteiger partial charge in [-0.3, -0.25) is 0 Å². The monoisotopic (exact) mass is 324 g/mol. The van der Waals surface area contributed by atoms with Gasteiger partial charge in [-0.05, 0) is 18.6 Å². The first-order chi connectivity index (χ1) is 10.0. The fourth-order valence-corrected chi connectivity index (χ4v) is 2.84. The lowest BCUT2D eigenvalue weighted by atomic mass is 10.1. The first-order valence-corrected chi connectivity index (χ1v) is 7.23. The Bertz CT molecular complexity index is 801. The van der Waals surface area contributed by atoms with Crippen molar-refractivity contribution in [2.24, 2.45) is 0 Å². The molecule has 3 aromatic rings. The van der Waals surface area contributed by atoms with Gasteiger partial charge in [-0.25, -0.2) is 9.37 Å². The number of thiazole rings is 1. The normalized spacial score (nSPS) is 11.0. The lowest BCUT2D eigenvalue weighted by molar-refractivity contribution is 0.424. The summed E-state index contributed by atoms with van der Waals surface area (Å²) in [5.41, 5.74) is 6.77. The van der Waals surface area contributed by atoms with E-state index in [1.807, 2.05) is 6.92 Å². The number of aromatic nitrogens is 3. The van der Waals surface area contributed by atoms with Gasteiger partial charge in [0.15, 0.2) is 11.0 Å². The Hall–Kier alpha value is -1.99. The molecule has 0 amide bonds. The average Bonchev–Trinajstić information content (AvgIpc) is 3.01. The smallest absolute Gasteiger partial charge is 0.270 e. The van der Waals surface area contributed by atoms with Crippen molar-refractivity contribution in [1.29, 1.82) is 0 Å². The van der Waals surface area contributed by atoms with Crippen molar-refractivity contribution in [3.8, 4) is 10.8 Å². The Morgan fingerprint density at radius 2 is 2.19 bits per heavy atom. The number of nitrogen functional groups attached to an aromatic ring is 1. The van der Waals surface area contributed by atoms with Crippen molar-refractivity contribution in [2.45, 2.75) is 13.3 Å². The summed E-state index contributed by atoms with van der Waals surface area (Å²) in [7, 11) is 0. The summed E-state index contributed by atoms with van der Waals surface area (Å²) in [6, 6.07) is 4.80. The van der Waals surface area contributed by atoms with Crippen molar-refractivity contribution in [3.63, 3.8) is 0 Å². The highest BCUT2D eigenvalue weighted by Crippen LogP contribution is 2.30. The molecule has 21 heavy (non-hydrogen) atoms. The third-order valence-electron chi connectivity index (χ3n) is 2.86. The molecular weight excluding hydrogens is 315 g/mol. The Balaban J connectivity index is 1.89. The Morgan fingerprint density at radius 3 is 2.90 bits per heavy atom. The van der Waals surface area contributed by atoms with Gasteiger partial charge in [-0.15, -0.1) is 0 Å². The number of halogens is 2. The first-order valence-electron chi connectivity index (χ1n) is 6.03. The molecule has 0 bridgehead atoms. The van der Waals surface area contributed by atoms with E-state index in [9.17, 15) is 4.39 Å². The minimum Gasteiger partial charge on any atom is -0.375 e. The maximum atomic E-state index is 13.8. The van der Waals surface area contributed by atoms with Crippen molar-refractivity contribution in [2.75, 3.05) is 5.73 Å². The summed E-state index contributed by atoms with van der Waals surface area (Å²) in [5.74, 6) is 0.236. The fourth-order valence-electron chi connectivity index (χ4n) is 1.89. The number of nitrogens with two attached hydrogens (primary N) is 1. The highest BCUT2D eigenvalue weighted by molar-refractivity contribution is 7.18. The molecule has 0 saturated heterocycles. The second kappa shape index (κ2) is 5.42. The van der Waals surface area contributed by atoms with Gasteiger partial charge in [-0.1, -0.05) is 40.2 Å². The van der Waals surface area contributed by atoms with Crippen molar-refractivity contribution >= 4 is 28.1 Å². The van der Waals surface area contributed by atoms with Crippen LogP contribution in [0.4, 0.5) is 9.52 Å². The van der Waals surface area contributed by atoms with Gasteiger partial charge in [0.05, 0.1) is 10.7 Å². The number of aryl methyl sites for hydroxylation is 1. The van der Waals surface area contributed by atoms with Crippen LogP contribution in [-0.4, -0.2) is 15.1 Å². The van der Waals surface area contributed by atoms with Gasteiger partial charge in [0, 0.05) is 6.42 Å². The minimum atomic E-state index is -0.469. The molecule has 0 fully saturated rings. The van der Waals surface area contributed by atoms with Crippen molar-refractivity contribution in [3.05, 3.63) is 46.1 Å². The van der Waals surface area contributed by atoms with Crippen LogP contribution in [0.3, 0.4) is 0 Å². The van der Waals surface area contributed by atoms with Gasteiger partial charge in [0.2, 0.25) is 0 Å². The van der Waals surface area contributed by atoms with E-state index in [1.165, 1.54) is 17.4 Å². The standard InChI is InChI=1S/C13H10ClFN4OS/c1-6-11(21-13(16)17-6)12-18-9(19-20-12)5-7-3-2-4-8(14)10(7)15/h2-4H,5H2,1H3,(H2,16,17). The van der Waals surface area contributed by atoms with E-state index < -0.39 is 5.82 Å². The maximum Gasteiger partial charge on any atom is 0.270 e. The molecule has 0 aliphatic carbocycles. The lowest BCUT2D eigenvalue weighted by Gasteiger charge is -2.00. The van der Waals surface area contributed by atoms with Gasteiger partial charge in [-0.2, -0.15) is 4.98 Å². The predicted octanol–water partition coefficient (Wildman–Crippen LogP) is 3.47. The molecule has 3 rings (SSSR count). The first kappa shape index (κ1) is 14.0. The van der Waals surface area contributed by atoms with Gasteiger partial charge >= 0.3 is 0 Å². The van der Waals surface area contributed by atoms with Crippen LogP contribution in [-0.2, 0) is 6.42 Å². The van der Waals surface area contributed by atoms with Crippen LogP contribution < -0.4 is 5.73 Å². The van der Waals surface area contributed by atoms with E-state index in [4.69, 9.17) is 21.9 Å². The number of anilines is 1. The van der Waals surface area contributed by atoms with Crippen LogP contribution in [0.15, 0.2) is 22.7 Å². The van der Waals surface area contributed by atoms with E-state index in [0.29, 0.717) is 22.4 Å². The van der Waals surface area contributed by atoms with Gasteiger partial charge < -0.3 is 10.3 Å². The number of rotatable bonds is 3. The van der Waals surface area contributed by atoms with Crippen LogP contribution >= 0.6 is 22.9 Å². The zero-order chi connectivity index (χ0) is 15.0. The summed E-state index contributed by atoms with van der Waals surface area (Å²) in [6.45, 7) is 1.81. The molecule has 0 radical (unpaired) electrons. The van der Waals surface area contributed by atoms with Crippen molar-refractivity contribution in [1.82, 2.24) is 15.1 Å². The molecule has 2 heterocycles. The summed E-state index contributed by atoms with van der Waals surface area (Å²) in [6.07, 6.45) is 0.198. The van der Waals surface area contributed by atoms with Crippen molar-refractivity contribution < 1.29 is 8.91 Å². The summed E-state index contributed by atoms with van der Waals surface area (Å²) < 4.78 is 19.0. The number of benzene rings is 1. The molecule has 0 saturated carbocycles. The van der Waals surface area contributed by atoms with E-state index in [0.717, 1.165) is 10.6 Å². The molecular formula is C13H10ClFN4OS. The van der Waals surface area contributed by atoms with Crippen LogP contribution in [0, 0.1) is 12.7 Å². The maximum absolute atomic E-state index is 13.8. The molecule has 0 atom stereocenters. The zero-order valence-electron chi connectivity index (χ0n) is 10.9. The summed E-state index contributed by atoms with van der Waals surface area (Å²) in [4.78, 5) is 9.07. The summed E-state index contributed by atoms with van der Waals surface area (Å²) in [5, 5.41) is 4.36. The molecule has 0 spiro atoms. The minimum absolute atomic E-state index is 0.0716. The molecule has 0 aliphatic heterocycles. The van der Waals surface area contributed by atoms with E-state index >= 15 is 0 Å². The lowest BCUT2D eigenvalue weighted by Crippen LogP contribution is -1.95. The van der Waals surface area contributed by atoms with Crippen LogP contribution in [0.5, 0.6) is 0 Å². The number of hydrogen-bond donors (Lipinski definition) is 1. The Morgan fingerprint density at radius 1 is 1.38 bits per heavy atom. The van der Waals surface area contributed by atoms with E-state index in [-0.39, 0.29) is 11.4 Å². The number of nitrogens with zero attached hydrogens (tertiary/aromatic N) is 3.